The normalized spacial score (nSPS) is 19.9. The molecule has 0 bridgehead atoms. The number of nitrogens with zero attached hydrogens (tertiary/aromatic N) is 2. The summed E-state index contributed by atoms with van der Waals surface area (Å²) in [6.45, 7) is 7.89. The maximum atomic E-state index is 13.1. The van der Waals surface area contributed by atoms with E-state index in [1.165, 1.54) is 24.8 Å². The second-order valence-corrected chi connectivity index (χ2v) is 8.93. The molecule has 6 nitrogen and oxygen atoms in total. The van der Waals surface area contributed by atoms with Gasteiger partial charge in [-0.2, -0.15) is 0 Å². The van der Waals surface area contributed by atoms with Crippen LogP contribution in [0.2, 0.25) is 0 Å². The molecule has 2 aromatic rings. The van der Waals surface area contributed by atoms with Crippen molar-refractivity contribution in [3.05, 3.63) is 57.5 Å². The number of aromatic nitrogens is 2. The lowest BCUT2D eigenvalue weighted by Crippen LogP contribution is -2.41. The molecule has 0 saturated heterocycles. The zero-order chi connectivity index (χ0) is 21.3. The molecular formula is C24H33N5O. The largest absolute Gasteiger partial charge is 0.372 e. The molecule has 2 heterocycles. The number of fused-ring (bicyclic) bond motifs is 1. The van der Waals surface area contributed by atoms with Crippen LogP contribution in [0.15, 0.2) is 40.9 Å². The molecule has 1 aliphatic heterocycles. The van der Waals surface area contributed by atoms with Gasteiger partial charge in [-0.3, -0.25) is 14.7 Å². The van der Waals surface area contributed by atoms with Crippen molar-refractivity contribution in [2.24, 2.45) is 12.5 Å². The fourth-order valence-electron chi connectivity index (χ4n) is 4.51. The van der Waals surface area contributed by atoms with Gasteiger partial charge < -0.3 is 10.6 Å². The molecule has 1 aromatic carbocycles. The maximum Gasteiger partial charge on any atom is 0.262 e. The first-order chi connectivity index (χ1) is 14.4. The lowest BCUT2D eigenvalue weighted by Gasteiger charge is -2.41. The van der Waals surface area contributed by atoms with E-state index < -0.39 is 0 Å². The summed E-state index contributed by atoms with van der Waals surface area (Å²) in [4.78, 5) is 18.0. The van der Waals surface area contributed by atoms with E-state index in [1.54, 1.807) is 4.57 Å². The van der Waals surface area contributed by atoms with Crippen LogP contribution in [0.25, 0.3) is 10.9 Å². The summed E-state index contributed by atoms with van der Waals surface area (Å²) < 4.78 is 1.65. The van der Waals surface area contributed by atoms with Crippen molar-refractivity contribution >= 4 is 16.9 Å². The Balaban J connectivity index is 1.64. The minimum atomic E-state index is 0.00130. The third kappa shape index (κ3) is 3.88. The van der Waals surface area contributed by atoms with Crippen molar-refractivity contribution < 1.29 is 0 Å². The van der Waals surface area contributed by atoms with Gasteiger partial charge in [0.1, 0.15) is 0 Å². The van der Waals surface area contributed by atoms with Crippen LogP contribution in [0.5, 0.6) is 0 Å². The lowest BCUT2D eigenvalue weighted by molar-refractivity contribution is 0.144. The average molecular weight is 408 g/mol. The predicted octanol–water partition coefficient (Wildman–Crippen LogP) is 3.71. The number of hydrogen-bond donors (Lipinski definition) is 3. The van der Waals surface area contributed by atoms with Crippen LogP contribution in [0.3, 0.4) is 0 Å². The summed E-state index contributed by atoms with van der Waals surface area (Å²) in [5.41, 5.74) is 4.48. The molecule has 0 spiro atoms. The first-order valence-electron chi connectivity index (χ1n) is 11.0. The summed E-state index contributed by atoms with van der Waals surface area (Å²) >= 11 is 0. The quantitative estimate of drug-likeness (QED) is 0.653. The molecule has 6 heteroatoms. The number of rotatable bonds is 7. The van der Waals surface area contributed by atoms with Crippen LogP contribution < -0.4 is 21.5 Å². The molecule has 30 heavy (non-hydrogen) atoms. The summed E-state index contributed by atoms with van der Waals surface area (Å²) in [6, 6.07) is 4.08. The highest BCUT2D eigenvalue weighted by Gasteiger charge is 2.35. The second kappa shape index (κ2) is 8.26. The maximum absolute atomic E-state index is 13.1. The van der Waals surface area contributed by atoms with E-state index in [2.05, 4.69) is 41.9 Å². The fraction of sp³-hybridized carbons (Fsp3) is 0.500. The zero-order valence-corrected chi connectivity index (χ0v) is 18.5. The Morgan fingerprint density at radius 3 is 2.77 bits per heavy atom. The van der Waals surface area contributed by atoms with E-state index in [1.807, 2.05) is 32.3 Å². The van der Waals surface area contributed by atoms with Crippen molar-refractivity contribution in [1.29, 1.82) is 0 Å². The van der Waals surface area contributed by atoms with Crippen LogP contribution in [0.1, 0.15) is 50.7 Å². The van der Waals surface area contributed by atoms with Crippen LogP contribution in [0, 0.1) is 12.3 Å². The van der Waals surface area contributed by atoms with Gasteiger partial charge in [0.25, 0.3) is 5.56 Å². The Hall–Kier alpha value is -2.60. The Morgan fingerprint density at radius 2 is 2.10 bits per heavy atom. The molecule has 2 aliphatic rings. The summed E-state index contributed by atoms with van der Waals surface area (Å²) in [5.74, 6) is 0.659. The van der Waals surface area contributed by atoms with Crippen molar-refractivity contribution in [3.63, 3.8) is 0 Å². The van der Waals surface area contributed by atoms with Crippen LogP contribution in [-0.4, -0.2) is 22.3 Å². The Bertz CT molecular complexity index is 1060. The Labute approximate surface area is 178 Å². The molecule has 1 aliphatic carbocycles. The number of nitrogens with one attached hydrogen (secondary N) is 3. The van der Waals surface area contributed by atoms with E-state index in [0.29, 0.717) is 23.3 Å². The molecule has 1 fully saturated rings. The van der Waals surface area contributed by atoms with E-state index in [4.69, 9.17) is 4.98 Å². The minimum absolute atomic E-state index is 0.00130. The zero-order valence-electron chi connectivity index (χ0n) is 18.5. The molecule has 0 amide bonds. The van der Waals surface area contributed by atoms with Gasteiger partial charge in [-0.05, 0) is 73.6 Å². The number of allylic oxidation sites excluding steroid dienone is 2. The third-order valence-corrected chi connectivity index (χ3v) is 6.86. The second-order valence-electron chi connectivity index (χ2n) is 8.93. The number of hydrogen-bond acceptors (Lipinski definition) is 5. The molecule has 1 saturated carbocycles. The topological polar surface area (TPSA) is 71.0 Å². The number of aryl methyl sites for hydroxylation is 1. The van der Waals surface area contributed by atoms with Gasteiger partial charge in [0.2, 0.25) is 5.95 Å². The van der Waals surface area contributed by atoms with Gasteiger partial charge in [-0.1, -0.05) is 25.5 Å². The van der Waals surface area contributed by atoms with Crippen molar-refractivity contribution in [1.82, 2.24) is 20.2 Å². The summed E-state index contributed by atoms with van der Waals surface area (Å²) in [6.07, 6.45) is 11.1. The highest BCUT2D eigenvalue weighted by atomic mass is 16.1. The summed E-state index contributed by atoms with van der Waals surface area (Å²) in [5, 5.41) is 11.0. The van der Waals surface area contributed by atoms with Crippen molar-refractivity contribution in [3.8, 4) is 0 Å². The molecule has 1 unspecified atom stereocenters. The average Bonchev–Trinajstić information content (AvgIpc) is 2.70. The molecule has 160 valence electrons. The fourth-order valence-corrected chi connectivity index (χ4v) is 4.51. The third-order valence-electron chi connectivity index (χ3n) is 6.86. The number of dihydropyridines is 1. The molecule has 1 aromatic heterocycles. The molecular weight excluding hydrogens is 374 g/mol. The van der Waals surface area contributed by atoms with Crippen LogP contribution in [0.4, 0.5) is 5.95 Å². The SMILES string of the molecule is CCC1(CNc2nc3c(CNC4NC=CC=C4C)cc(C)cc3c(=O)n2C)CCC1. The smallest absolute Gasteiger partial charge is 0.262 e. The molecule has 3 N–H and O–H groups in total. The Kier molecular flexibility index (Phi) is 5.69. The van der Waals surface area contributed by atoms with Crippen LogP contribution >= 0.6 is 0 Å². The number of benzene rings is 1. The first kappa shape index (κ1) is 20.7. The lowest BCUT2D eigenvalue weighted by atomic mass is 9.67. The number of anilines is 1. The first-order valence-corrected chi connectivity index (χ1v) is 11.0. The molecule has 0 radical (unpaired) electrons. The monoisotopic (exact) mass is 407 g/mol. The van der Waals surface area contributed by atoms with Crippen molar-refractivity contribution in [2.75, 3.05) is 11.9 Å². The molecule has 4 rings (SSSR count). The van der Waals surface area contributed by atoms with E-state index >= 15 is 0 Å². The van der Waals surface area contributed by atoms with Gasteiger partial charge in [0, 0.05) is 20.1 Å². The van der Waals surface area contributed by atoms with E-state index in [9.17, 15) is 4.79 Å². The minimum Gasteiger partial charge on any atom is -0.372 e. The Morgan fingerprint density at radius 1 is 1.30 bits per heavy atom. The standard InChI is InChI=1S/C24H33N5O/c1-5-24(9-7-10-24)15-27-23-28-20-18(14-26-21-17(3)8-6-11-25-21)12-16(2)13-19(20)22(30)29(23)4/h6,8,11-13,21,25-26H,5,7,9-10,14-15H2,1-4H3,(H,27,28). The van der Waals surface area contributed by atoms with Crippen LogP contribution in [-0.2, 0) is 13.6 Å². The molecule has 1 atom stereocenters. The van der Waals surface area contributed by atoms with Gasteiger partial charge >= 0.3 is 0 Å². The highest BCUT2D eigenvalue weighted by molar-refractivity contribution is 5.83. The van der Waals surface area contributed by atoms with Gasteiger partial charge in [-0.15, -0.1) is 0 Å². The van der Waals surface area contributed by atoms with Gasteiger partial charge in [-0.25, -0.2) is 4.98 Å². The highest BCUT2D eigenvalue weighted by Crippen LogP contribution is 2.43. The summed E-state index contributed by atoms with van der Waals surface area (Å²) in [7, 11) is 1.81. The van der Waals surface area contributed by atoms with Gasteiger partial charge in [0.15, 0.2) is 0 Å². The van der Waals surface area contributed by atoms with Crippen molar-refractivity contribution in [2.45, 2.75) is 59.2 Å². The van der Waals surface area contributed by atoms with E-state index in [-0.39, 0.29) is 11.7 Å². The van der Waals surface area contributed by atoms with E-state index in [0.717, 1.165) is 29.6 Å². The predicted molar refractivity (Wildman–Crippen MR) is 123 cm³/mol. The van der Waals surface area contributed by atoms with Gasteiger partial charge in [0.05, 0.1) is 17.1 Å².